The van der Waals surface area contributed by atoms with Crippen LogP contribution in [0.3, 0.4) is 0 Å². The van der Waals surface area contributed by atoms with Gasteiger partial charge in [0.15, 0.2) is 0 Å². The third-order valence-corrected chi connectivity index (χ3v) is 4.66. The Kier molecular flexibility index (Phi) is 4.50. The highest BCUT2D eigenvalue weighted by Crippen LogP contribution is 2.22. The van der Waals surface area contributed by atoms with Crippen molar-refractivity contribution in [1.82, 2.24) is 14.9 Å². The van der Waals surface area contributed by atoms with Gasteiger partial charge in [-0.05, 0) is 25.2 Å². The third-order valence-electron chi connectivity index (χ3n) is 4.66. The van der Waals surface area contributed by atoms with Gasteiger partial charge in [-0.15, -0.1) is 0 Å². The zero-order valence-electron chi connectivity index (χ0n) is 13.8. The van der Waals surface area contributed by atoms with E-state index in [4.69, 9.17) is 0 Å². The first-order valence-electron chi connectivity index (χ1n) is 8.28. The van der Waals surface area contributed by atoms with Crippen molar-refractivity contribution >= 4 is 11.9 Å². The summed E-state index contributed by atoms with van der Waals surface area (Å²) in [5, 5.41) is 0. The second kappa shape index (κ2) is 6.56. The molecule has 0 saturated heterocycles. The first-order valence-corrected chi connectivity index (χ1v) is 8.28. The third kappa shape index (κ3) is 3.46. The Morgan fingerprint density at radius 1 is 1.39 bits per heavy atom. The predicted molar refractivity (Wildman–Crippen MR) is 89.7 cm³/mol. The molecule has 0 saturated carbocycles. The fourth-order valence-electron chi connectivity index (χ4n) is 3.28. The highest BCUT2D eigenvalue weighted by atomic mass is 16.2. The topological polar surface area (TPSA) is 69.3 Å². The molecular formula is C17H24N4O2. The molecule has 124 valence electrons. The lowest BCUT2D eigenvalue weighted by molar-refractivity contribution is -0.131. The van der Waals surface area contributed by atoms with Gasteiger partial charge in [-0.3, -0.25) is 14.6 Å². The Balaban J connectivity index is 1.72. The van der Waals surface area contributed by atoms with Gasteiger partial charge in [0.05, 0.1) is 5.69 Å². The molecule has 3 rings (SSSR count). The zero-order chi connectivity index (χ0) is 16.4. The molecule has 1 aliphatic heterocycles. The van der Waals surface area contributed by atoms with E-state index in [1.54, 1.807) is 4.90 Å². The molecule has 0 bridgehead atoms. The van der Waals surface area contributed by atoms with Gasteiger partial charge < -0.3 is 9.80 Å². The molecule has 1 atom stereocenters. The summed E-state index contributed by atoms with van der Waals surface area (Å²) in [5.41, 5.74) is 1.48. The van der Waals surface area contributed by atoms with Crippen LogP contribution < -0.4 is 10.5 Å². The van der Waals surface area contributed by atoms with E-state index < -0.39 is 0 Å². The average molecular weight is 316 g/mol. The van der Waals surface area contributed by atoms with Crippen molar-refractivity contribution in [2.45, 2.75) is 32.1 Å². The number of hydrogen-bond acceptors (Lipinski definition) is 4. The van der Waals surface area contributed by atoms with E-state index in [-0.39, 0.29) is 11.5 Å². The van der Waals surface area contributed by atoms with E-state index in [1.807, 2.05) is 19.0 Å². The highest BCUT2D eigenvalue weighted by Gasteiger charge is 2.24. The van der Waals surface area contributed by atoms with Crippen LogP contribution in [-0.2, 0) is 17.6 Å². The number of anilines is 1. The Labute approximate surface area is 136 Å². The molecule has 2 aliphatic rings. The number of carbonyl (C=O) groups excluding carboxylic acids is 1. The predicted octanol–water partition coefficient (Wildman–Crippen LogP) is 1.12. The summed E-state index contributed by atoms with van der Waals surface area (Å²) in [6.45, 7) is 1.25. The van der Waals surface area contributed by atoms with Crippen LogP contribution in [0, 0.1) is 5.92 Å². The summed E-state index contributed by atoms with van der Waals surface area (Å²) < 4.78 is 0. The van der Waals surface area contributed by atoms with E-state index in [0.717, 1.165) is 24.1 Å². The molecule has 0 spiro atoms. The standard InChI is InChI=1S/C17H24N4O2/c1-20(2)17-18-14-8-10-21(9-7-13(14)16(23)19-17)15(22)11-12-5-3-4-6-12/h3,5,12H,4,6-11H2,1-2H3,(H,18,19,23)/t12-/m0/s1. The molecule has 1 amide bonds. The molecule has 0 fully saturated rings. The summed E-state index contributed by atoms with van der Waals surface area (Å²) in [5.74, 6) is 1.15. The van der Waals surface area contributed by atoms with Gasteiger partial charge in [0, 0.05) is 45.6 Å². The van der Waals surface area contributed by atoms with Gasteiger partial charge >= 0.3 is 0 Å². The van der Waals surface area contributed by atoms with E-state index in [2.05, 4.69) is 22.1 Å². The lowest BCUT2D eigenvalue weighted by Crippen LogP contribution is -2.34. The number of carbonyl (C=O) groups is 1. The van der Waals surface area contributed by atoms with E-state index in [0.29, 0.717) is 44.2 Å². The molecule has 1 aliphatic carbocycles. The molecule has 0 aromatic carbocycles. The van der Waals surface area contributed by atoms with Crippen LogP contribution in [0.25, 0.3) is 0 Å². The summed E-state index contributed by atoms with van der Waals surface area (Å²) in [6.07, 6.45) is 8.27. The van der Waals surface area contributed by atoms with Crippen molar-refractivity contribution in [1.29, 1.82) is 0 Å². The molecule has 2 heterocycles. The minimum atomic E-state index is -0.0771. The Hall–Kier alpha value is -2.11. The normalized spacial score (nSPS) is 20.3. The van der Waals surface area contributed by atoms with Crippen molar-refractivity contribution in [3.05, 3.63) is 33.8 Å². The van der Waals surface area contributed by atoms with Crippen molar-refractivity contribution in [3.8, 4) is 0 Å². The average Bonchev–Trinajstić information content (AvgIpc) is 2.91. The highest BCUT2D eigenvalue weighted by molar-refractivity contribution is 5.76. The van der Waals surface area contributed by atoms with Crippen molar-refractivity contribution in [2.75, 3.05) is 32.1 Å². The zero-order valence-corrected chi connectivity index (χ0v) is 13.8. The molecule has 1 aromatic rings. The molecule has 0 radical (unpaired) electrons. The lowest BCUT2D eigenvalue weighted by Gasteiger charge is -2.21. The number of nitrogens with one attached hydrogen (secondary N) is 1. The first-order chi connectivity index (χ1) is 11.0. The fraction of sp³-hybridized carbons (Fsp3) is 0.588. The van der Waals surface area contributed by atoms with Crippen LogP contribution in [-0.4, -0.2) is 48.0 Å². The molecule has 6 heteroatoms. The summed E-state index contributed by atoms with van der Waals surface area (Å²) in [4.78, 5) is 35.8. The van der Waals surface area contributed by atoms with Crippen LogP contribution in [0.2, 0.25) is 0 Å². The molecule has 6 nitrogen and oxygen atoms in total. The van der Waals surface area contributed by atoms with Crippen LogP contribution >= 0.6 is 0 Å². The number of allylic oxidation sites excluding steroid dienone is 2. The number of nitrogens with zero attached hydrogens (tertiary/aromatic N) is 3. The largest absolute Gasteiger partial charge is 0.348 e. The smallest absolute Gasteiger partial charge is 0.255 e. The Morgan fingerprint density at radius 3 is 2.87 bits per heavy atom. The number of aromatic nitrogens is 2. The van der Waals surface area contributed by atoms with E-state index >= 15 is 0 Å². The lowest BCUT2D eigenvalue weighted by atomic mass is 10.0. The summed E-state index contributed by atoms with van der Waals surface area (Å²) >= 11 is 0. The monoisotopic (exact) mass is 316 g/mol. The summed E-state index contributed by atoms with van der Waals surface area (Å²) in [7, 11) is 3.71. The minimum Gasteiger partial charge on any atom is -0.348 e. The number of aromatic amines is 1. The van der Waals surface area contributed by atoms with Crippen LogP contribution in [0.15, 0.2) is 16.9 Å². The van der Waals surface area contributed by atoms with Gasteiger partial charge in [0.2, 0.25) is 11.9 Å². The van der Waals surface area contributed by atoms with Crippen LogP contribution in [0.4, 0.5) is 5.95 Å². The molecule has 1 N–H and O–H groups in total. The van der Waals surface area contributed by atoms with Gasteiger partial charge in [0.1, 0.15) is 0 Å². The second-order valence-electron chi connectivity index (χ2n) is 6.56. The van der Waals surface area contributed by atoms with Gasteiger partial charge in [-0.1, -0.05) is 12.2 Å². The second-order valence-corrected chi connectivity index (χ2v) is 6.56. The van der Waals surface area contributed by atoms with Crippen molar-refractivity contribution < 1.29 is 4.79 Å². The van der Waals surface area contributed by atoms with Gasteiger partial charge in [-0.25, -0.2) is 4.98 Å². The molecule has 0 unspecified atom stereocenters. The number of hydrogen-bond donors (Lipinski definition) is 1. The number of rotatable bonds is 3. The van der Waals surface area contributed by atoms with Crippen LogP contribution in [0.5, 0.6) is 0 Å². The number of amides is 1. The molecular weight excluding hydrogens is 292 g/mol. The maximum atomic E-state index is 12.5. The van der Waals surface area contributed by atoms with Crippen molar-refractivity contribution in [2.24, 2.45) is 5.92 Å². The van der Waals surface area contributed by atoms with E-state index in [1.165, 1.54) is 0 Å². The summed E-state index contributed by atoms with van der Waals surface area (Å²) in [6, 6.07) is 0. The maximum Gasteiger partial charge on any atom is 0.255 e. The number of H-pyrrole nitrogens is 1. The first kappa shape index (κ1) is 15.8. The van der Waals surface area contributed by atoms with Crippen molar-refractivity contribution in [3.63, 3.8) is 0 Å². The minimum absolute atomic E-state index is 0.0771. The SMILES string of the molecule is CN(C)c1nc2c(c(=O)[nH]1)CCN(C(=O)C[C@H]1C=CCC1)CC2. The maximum absolute atomic E-state index is 12.5. The quantitative estimate of drug-likeness (QED) is 0.849. The number of fused-ring (bicyclic) bond motifs is 1. The molecule has 23 heavy (non-hydrogen) atoms. The Morgan fingerprint density at radius 2 is 2.17 bits per heavy atom. The fourth-order valence-corrected chi connectivity index (χ4v) is 3.28. The van der Waals surface area contributed by atoms with Crippen LogP contribution in [0.1, 0.15) is 30.5 Å². The van der Waals surface area contributed by atoms with Gasteiger partial charge in [0.25, 0.3) is 5.56 Å². The molecule has 1 aromatic heterocycles. The Bertz CT molecular complexity index is 678. The van der Waals surface area contributed by atoms with Gasteiger partial charge in [-0.2, -0.15) is 0 Å². The van der Waals surface area contributed by atoms with E-state index in [9.17, 15) is 9.59 Å².